The SMILES string of the molecule is COc1ccc(C(=O)[C@@H](C)Sc2nnc3ccccn23)cc1. The Labute approximate surface area is 132 Å². The van der Waals surface area contributed by atoms with E-state index >= 15 is 0 Å². The summed E-state index contributed by atoms with van der Waals surface area (Å²) in [5.74, 6) is 0.792. The second kappa shape index (κ2) is 6.19. The topological polar surface area (TPSA) is 56.5 Å². The second-order valence-corrected chi connectivity index (χ2v) is 6.07. The number of aromatic nitrogens is 3. The van der Waals surface area contributed by atoms with E-state index in [4.69, 9.17) is 4.74 Å². The number of hydrogen-bond acceptors (Lipinski definition) is 5. The Morgan fingerprint density at radius 2 is 1.95 bits per heavy atom. The third kappa shape index (κ3) is 2.82. The summed E-state index contributed by atoms with van der Waals surface area (Å²) < 4.78 is 6.98. The van der Waals surface area contributed by atoms with Gasteiger partial charge in [0.05, 0.1) is 12.4 Å². The molecule has 5 nitrogen and oxygen atoms in total. The maximum absolute atomic E-state index is 12.5. The van der Waals surface area contributed by atoms with Crippen LogP contribution in [-0.2, 0) is 0 Å². The lowest BCUT2D eigenvalue weighted by Gasteiger charge is -2.09. The average Bonchev–Trinajstić information content (AvgIpc) is 2.97. The van der Waals surface area contributed by atoms with Crippen molar-refractivity contribution >= 4 is 23.2 Å². The van der Waals surface area contributed by atoms with Crippen LogP contribution in [-0.4, -0.2) is 32.7 Å². The summed E-state index contributed by atoms with van der Waals surface area (Å²) >= 11 is 1.40. The van der Waals surface area contributed by atoms with Crippen molar-refractivity contribution in [1.82, 2.24) is 14.6 Å². The predicted molar refractivity (Wildman–Crippen MR) is 85.6 cm³/mol. The lowest BCUT2D eigenvalue weighted by atomic mass is 10.1. The van der Waals surface area contributed by atoms with Crippen LogP contribution in [0.5, 0.6) is 5.75 Å². The molecule has 3 rings (SSSR count). The maximum Gasteiger partial charge on any atom is 0.196 e. The van der Waals surface area contributed by atoms with E-state index in [1.54, 1.807) is 31.4 Å². The lowest BCUT2D eigenvalue weighted by molar-refractivity contribution is 0.0994. The molecule has 22 heavy (non-hydrogen) atoms. The van der Waals surface area contributed by atoms with Crippen molar-refractivity contribution in [2.75, 3.05) is 7.11 Å². The highest BCUT2D eigenvalue weighted by Gasteiger charge is 2.19. The Balaban J connectivity index is 1.78. The Kier molecular flexibility index (Phi) is 4.11. The van der Waals surface area contributed by atoms with Gasteiger partial charge in [0, 0.05) is 11.8 Å². The van der Waals surface area contributed by atoms with E-state index in [9.17, 15) is 4.79 Å². The van der Waals surface area contributed by atoms with Gasteiger partial charge in [0.15, 0.2) is 16.6 Å². The lowest BCUT2D eigenvalue weighted by Crippen LogP contribution is -2.14. The third-order valence-corrected chi connectivity index (χ3v) is 4.37. The van der Waals surface area contributed by atoms with Crippen molar-refractivity contribution in [1.29, 1.82) is 0 Å². The van der Waals surface area contributed by atoms with E-state index in [-0.39, 0.29) is 11.0 Å². The minimum atomic E-state index is -0.249. The number of thioether (sulfide) groups is 1. The number of fused-ring (bicyclic) bond motifs is 1. The molecule has 0 radical (unpaired) electrons. The van der Waals surface area contributed by atoms with Crippen LogP contribution in [0.25, 0.3) is 5.65 Å². The van der Waals surface area contributed by atoms with Crippen LogP contribution in [0.4, 0.5) is 0 Å². The fourth-order valence-electron chi connectivity index (χ4n) is 2.10. The number of methoxy groups -OCH3 is 1. The van der Waals surface area contributed by atoms with E-state index < -0.39 is 0 Å². The standard InChI is InChI=1S/C16H15N3O2S/c1-11(15(20)12-6-8-13(21-2)9-7-12)22-16-18-17-14-5-3-4-10-19(14)16/h3-11H,1-2H3/t11-/m1/s1. The van der Waals surface area contributed by atoms with Gasteiger partial charge in [-0.25, -0.2) is 0 Å². The van der Waals surface area contributed by atoms with E-state index in [1.165, 1.54) is 11.8 Å². The van der Waals surface area contributed by atoms with E-state index in [0.717, 1.165) is 11.4 Å². The van der Waals surface area contributed by atoms with Crippen molar-refractivity contribution in [3.05, 3.63) is 54.2 Å². The highest BCUT2D eigenvalue weighted by molar-refractivity contribution is 8.00. The fraction of sp³-hybridized carbons (Fsp3) is 0.188. The zero-order valence-corrected chi connectivity index (χ0v) is 13.1. The van der Waals surface area contributed by atoms with Gasteiger partial charge in [0.1, 0.15) is 5.75 Å². The van der Waals surface area contributed by atoms with Gasteiger partial charge >= 0.3 is 0 Å². The molecule has 3 aromatic rings. The first-order chi connectivity index (χ1) is 10.7. The summed E-state index contributed by atoms with van der Waals surface area (Å²) in [6, 6.07) is 12.8. The summed E-state index contributed by atoms with van der Waals surface area (Å²) in [5.41, 5.74) is 1.43. The Hall–Kier alpha value is -2.34. The molecular formula is C16H15N3O2S. The number of Topliss-reactive ketones (excluding diaryl/α,β-unsaturated/α-hetero) is 1. The fourth-order valence-corrected chi connectivity index (χ4v) is 3.02. The summed E-state index contributed by atoms with van der Waals surface area (Å²) in [4.78, 5) is 12.5. The highest BCUT2D eigenvalue weighted by atomic mass is 32.2. The molecule has 0 spiro atoms. The largest absolute Gasteiger partial charge is 0.497 e. The summed E-state index contributed by atoms with van der Waals surface area (Å²) in [6.07, 6.45) is 1.89. The molecule has 0 saturated heterocycles. The normalized spacial score (nSPS) is 12.3. The average molecular weight is 313 g/mol. The summed E-state index contributed by atoms with van der Waals surface area (Å²) in [7, 11) is 1.60. The number of pyridine rings is 1. The van der Waals surface area contributed by atoms with E-state index in [0.29, 0.717) is 10.7 Å². The van der Waals surface area contributed by atoms with Gasteiger partial charge in [0.25, 0.3) is 0 Å². The van der Waals surface area contributed by atoms with Gasteiger partial charge < -0.3 is 4.74 Å². The molecule has 0 aliphatic carbocycles. The zero-order valence-electron chi connectivity index (χ0n) is 12.3. The molecule has 0 unspecified atom stereocenters. The summed E-state index contributed by atoms with van der Waals surface area (Å²) in [5, 5.41) is 8.70. The van der Waals surface area contributed by atoms with Crippen LogP contribution in [0.15, 0.2) is 53.8 Å². The molecule has 1 aromatic carbocycles. The molecule has 6 heteroatoms. The molecule has 2 aromatic heterocycles. The molecule has 0 N–H and O–H groups in total. The molecule has 0 fully saturated rings. The van der Waals surface area contributed by atoms with Gasteiger partial charge in [-0.15, -0.1) is 10.2 Å². The van der Waals surface area contributed by atoms with Gasteiger partial charge in [-0.1, -0.05) is 17.8 Å². The number of rotatable bonds is 5. The first-order valence-corrected chi connectivity index (χ1v) is 7.71. The number of carbonyl (C=O) groups is 1. The monoisotopic (exact) mass is 313 g/mol. The van der Waals surface area contributed by atoms with Crippen molar-refractivity contribution < 1.29 is 9.53 Å². The smallest absolute Gasteiger partial charge is 0.196 e. The van der Waals surface area contributed by atoms with Crippen LogP contribution < -0.4 is 4.74 Å². The van der Waals surface area contributed by atoms with Gasteiger partial charge in [-0.05, 0) is 43.3 Å². The maximum atomic E-state index is 12.5. The number of ether oxygens (including phenoxy) is 1. The molecule has 0 amide bonds. The molecule has 0 aliphatic rings. The van der Waals surface area contributed by atoms with Crippen LogP contribution >= 0.6 is 11.8 Å². The van der Waals surface area contributed by atoms with Crippen LogP contribution in [0.1, 0.15) is 17.3 Å². The molecule has 112 valence electrons. The quantitative estimate of drug-likeness (QED) is 0.535. The molecule has 0 bridgehead atoms. The molecule has 2 heterocycles. The van der Waals surface area contributed by atoms with Gasteiger partial charge in [0.2, 0.25) is 0 Å². The van der Waals surface area contributed by atoms with Crippen molar-refractivity contribution in [3.63, 3.8) is 0 Å². The van der Waals surface area contributed by atoms with Crippen molar-refractivity contribution in [2.24, 2.45) is 0 Å². The number of nitrogens with zero attached hydrogens (tertiary/aromatic N) is 3. The molecule has 0 saturated carbocycles. The number of hydrogen-bond donors (Lipinski definition) is 0. The van der Waals surface area contributed by atoms with Crippen molar-refractivity contribution in [2.45, 2.75) is 17.3 Å². The first kappa shape index (κ1) is 14.6. The first-order valence-electron chi connectivity index (χ1n) is 6.84. The summed E-state index contributed by atoms with van der Waals surface area (Å²) in [6.45, 7) is 1.88. The zero-order chi connectivity index (χ0) is 15.5. The van der Waals surface area contributed by atoms with E-state index in [2.05, 4.69) is 10.2 Å². The highest BCUT2D eigenvalue weighted by Crippen LogP contribution is 2.25. The third-order valence-electron chi connectivity index (χ3n) is 3.31. The van der Waals surface area contributed by atoms with Crippen LogP contribution in [0.2, 0.25) is 0 Å². The van der Waals surface area contributed by atoms with Gasteiger partial charge in [-0.3, -0.25) is 9.20 Å². The molecule has 1 atom stereocenters. The van der Waals surface area contributed by atoms with Gasteiger partial charge in [-0.2, -0.15) is 0 Å². The Bertz CT molecular complexity index is 799. The van der Waals surface area contributed by atoms with Crippen LogP contribution in [0, 0.1) is 0 Å². The molecule has 0 aliphatic heterocycles. The Morgan fingerprint density at radius 3 is 2.68 bits per heavy atom. The second-order valence-electron chi connectivity index (χ2n) is 4.76. The Morgan fingerprint density at radius 1 is 1.18 bits per heavy atom. The minimum Gasteiger partial charge on any atom is -0.497 e. The van der Waals surface area contributed by atoms with Crippen molar-refractivity contribution in [3.8, 4) is 5.75 Å². The number of benzene rings is 1. The van der Waals surface area contributed by atoms with Crippen LogP contribution in [0.3, 0.4) is 0 Å². The number of carbonyl (C=O) groups excluding carboxylic acids is 1. The molecular weight excluding hydrogens is 298 g/mol. The number of ketones is 1. The minimum absolute atomic E-state index is 0.0559. The predicted octanol–water partition coefficient (Wildman–Crippen LogP) is 3.10. The van der Waals surface area contributed by atoms with E-state index in [1.807, 2.05) is 35.7 Å².